The molecular weight excluding hydrogens is 488 g/mol. The quantitative estimate of drug-likeness (QED) is 0.416. The van der Waals surface area contributed by atoms with Crippen molar-refractivity contribution in [2.45, 2.75) is 32.2 Å². The first-order chi connectivity index (χ1) is 18.6. The number of nitrogens with one attached hydrogen (secondary N) is 1. The van der Waals surface area contributed by atoms with Crippen LogP contribution in [0.1, 0.15) is 34.5 Å². The molecule has 2 aliphatic heterocycles. The number of halogens is 2. The Kier molecular flexibility index (Phi) is 6.71. The molecule has 1 amide bonds. The molecule has 38 heavy (non-hydrogen) atoms. The van der Waals surface area contributed by atoms with Gasteiger partial charge in [-0.25, -0.2) is 23.7 Å². The van der Waals surface area contributed by atoms with Crippen molar-refractivity contribution in [3.8, 4) is 0 Å². The molecule has 0 spiro atoms. The first kappa shape index (κ1) is 24.4. The molecule has 6 rings (SSSR count). The lowest BCUT2D eigenvalue weighted by Crippen LogP contribution is -2.47. The molecule has 0 bridgehead atoms. The minimum absolute atomic E-state index is 0.198. The van der Waals surface area contributed by atoms with Gasteiger partial charge in [-0.05, 0) is 55.5 Å². The van der Waals surface area contributed by atoms with E-state index in [4.69, 9.17) is 4.98 Å². The topological polar surface area (TPSA) is 79.2 Å². The van der Waals surface area contributed by atoms with Gasteiger partial charge in [0, 0.05) is 51.2 Å². The Balaban J connectivity index is 1.19. The van der Waals surface area contributed by atoms with Gasteiger partial charge in [-0.3, -0.25) is 9.69 Å². The molecule has 2 aliphatic rings. The summed E-state index contributed by atoms with van der Waals surface area (Å²) >= 11 is 0. The number of rotatable bonds is 6. The SMILES string of the molecule is O=C(Nc1ccccn1)c1c2n(c3cnc(N4CCN(CCc5ccc(F)c(F)c5)CC4)nc13)CCCC2. The Morgan fingerprint density at radius 1 is 0.974 bits per heavy atom. The van der Waals surface area contributed by atoms with Gasteiger partial charge in [0.1, 0.15) is 11.3 Å². The number of carbonyl (C=O) groups excluding carboxylic acids is 1. The maximum atomic E-state index is 13.5. The average molecular weight is 518 g/mol. The van der Waals surface area contributed by atoms with Gasteiger partial charge in [0.15, 0.2) is 11.6 Å². The van der Waals surface area contributed by atoms with Crippen LogP contribution in [0, 0.1) is 11.6 Å². The Bertz CT molecular complexity index is 1470. The number of hydrogen-bond donors (Lipinski definition) is 1. The van der Waals surface area contributed by atoms with Gasteiger partial charge in [0.2, 0.25) is 5.95 Å². The molecule has 1 fully saturated rings. The fourth-order valence-electron chi connectivity index (χ4n) is 5.40. The summed E-state index contributed by atoms with van der Waals surface area (Å²) < 4.78 is 28.9. The molecule has 5 heterocycles. The van der Waals surface area contributed by atoms with Crippen molar-refractivity contribution in [2.24, 2.45) is 0 Å². The van der Waals surface area contributed by atoms with E-state index in [9.17, 15) is 13.6 Å². The van der Waals surface area contributed by atoms with Crippen molar-refractivity contribution in [3.63, 3.8) is 0 Å². The maximum absolute atomic E-state index is 13.5. The van der Waals surface area contributed by atoms with E-state index in [0.29, 0.717) is 29.3 Å². The van der Waals surface area contributed by atoms with E-state index in [1.54, 1.807) is 18.3 Å². The molecule has 8 nitrogen and oxygen atoms in total. The van der Waals surface area contributed by atoms with Gasteiger partial charge in [-0.15, -0.1) is 0 Å². The molecule has 1 N–H and O–H groups in total. The van der Waals surface area contributed by atoms with Gasteiger partial charge < -0.3 is 14.8 Å². The van der Waals surface area contributed by atoms with Crippen LogP contribution in [0.5, 0.6) is 0 Å². The zero-order valence-electron chi connectivity index (χ0n) is 21.0. The van der Waals surface area contributed by atoms with Crippen LogP contribution in [0.15, 0.2) is 48.8 Å². The smallest absolute Gasteiger partial charge is 0.260 e. The highest BCUT2D eigenvalue weighted by Gasteiger charge is 2.28. The third kappa shape index (κ3) is 4.83. The largest absolute Gasteiger partial charge is 0.341 e. The van der Waals surface area contributed by atoms with E-state index in [2.05, 4.69) is 29.7 Å². The number of nitrogens with zero attached hydrogens (tertiary/aromatic N) is 6. The lowest BCUT2D eigenvalue weighted by atomic mass is 10.1. The third-order valence-electron chi connectivity index (χ3n) is 7.43. The minimum Gasteiger partial charge on any atom is -0.341 e. The van der Waals surface area contributed by atoms with Crippen LogP contribution in [-0.2, 0) is 19.4 Å². The van der Waals surface area contributed by atoms with Crippen molar-refractivity contribution < 1.29 is 13.6 Å². The molecule has 0 aliphatic carbocycles. The molecule has 0 unspecified atom stereocenters. The monoisotopic (exact) mass is 517 g/mol. The molecule has 4 aromatic rings. The summed E-state index contributed by atoms with van der Waals surface area (Å²) in [5.74, 6) is -0.695. The molecule has 1 aromatic carbocycles. The summed E-state index contributed by atoms with van der Waals surface area (Å²) in [5, 5.41) is 2.94. The minimum atomic E-state index is -0.819. The van der Waals surface area contributed by atoms with Crippen molar-refractivity contribution >= 4 is 28.7 Å². The summed E-state index contributed by atoms with van der Waals surface area (Å²) in [6.45, 7) is 4.72. The standard InChI is InChI=1S/C28H29F2N7O/c29-20-8-7-19(17-21(20)30)9-12-35-13-15-36(16-14-35)28-32-18-23-26(34-28)25(22-5-2-4-11-37(22)23)27(38)33-24-6-1-3-10-31-24/h1,3,6-8,10,17-18H,2,4-5,9,11-16H2,(H,31,33,38). The number of aryl methyl sites for hydroxylation is 1. The molecule has 0 radical (unpaired) electrons. The van der Waals surface area contributed by atoms with Crippen LogP contribution in [0.4, 0.5) is 20.5 Å². The van der Waals surface area contributed by atoms with E-state index in [1.807, 2.05) is 18.3 Å². The van der Waals surface area contributed by atoms with E-state index < -0.39 is 11.6 Å². The Hall–Kier alpha value is -3.92. The molecule has 0 saturated carbocycles. The molecule has 196 valence electrons. The van der Waals surface area contributed by atoms with Crippen LogP contribution in [0.3, 0.4) is 0 Å². The highest BCUT2D eigenvalue weighted by molar-refractivity contribution is 6.13. The number of aromatic nitrogens is 4. The van der Waals surface area contributed by atoms with Crippen LogP contribution in [-0.4, -0.2) is 63.0 Å². The van der Waals surface area contributed by atoms with E-state index >= 15 is 0 Å². The van der Waals surface area contributed by atoms with Crippen molar-refractivity contribution in [1.82, 2.24) is 24.4 Å². The highest BCUT2D eigenvalue weighted by Crippen LogP contribution is 2.31. The molecule has 3 aromatic heterocycles. The second kappa shape index (κ2) is 10.4. The van der Waals surface area contributed by atoms with E-state index in [-0.39, 0.29) is 5.91 Å². The van der Waals surface area contributed by atoms with Crippen LogP contribution in [0.2, 0.25) is 0 Å². The number of piperazine rings is 1. The summed E-state index contributed by atoms with van der Waals surface area (Å²) in [6, 6.07) is 9.52. The van der Waals surface area contributed by atoms with Gasteiger partial charge in [-0.1, -0.05) is 12.1 Å². The summed E-state index contributed by atoms with van der Waals surface area (Å²) in [6.07, 6.45) is 7.08. The Morgan fingerprint density at radius 2 is 1.84 bits per heavy atom. The fraction of sp³-hybridized carbons (Fsp3) is 0.357. The first-order valence-corrected chi connectivity index (χ1v) is 13.1. The van der Waals surface area contributed by atoms with Crippen LogP contribution < -0.4 is 10.2 Å². The number of fused-ring (bicyclic) bond motifs is 3. The number of hydrogen-bond acceptors (Lipinski definition) is 6. The van der Waals surface area contributed by atoms with Crippen LogP contribution >= 0.6 is 0 Å². The lowest BCUT2D eigenvalue weighted by Gasteiger charge is -2.34. The number of carbonyl (C=O) groups is 1. The molecule has 10 heteroatoms. The van der Waals surface area contributed by atoms with Gasteiger partial charge in [-0.2, -0.15) is 0 Å². The third-order valence-corrected chi connectivity index (χ3v) is 7.43. The number of benzene rings is 1. The van der Waals surface area contributed by atoms with Gasteiger partial charge >= 0.3 is 0 Å². The van der Waals surface area contributed by atoms with Crippen molar-refractivity contribution in [1.29, 1.82) is 0 Å². The molecular formula is C28H29F2N7O. The number of amides is 1. The Morgan fingerprint density at radius 3 is 2.63 bits per heavy atom. The molecule has 1 saturated heterocycles. The maximum Gasteiger partial charge on any atom is 0.260 e. The zero-order chi connectivity index (χ0) is 26.1. The highest BCUT2D eigenvalue weighted by atomic mass is 19.2. The second-order valence-electron chi connectivity index (χ2n) is 9.83. The summed E-state index contributed by atoms with van der Waals surface area (Å²) in [4.78, 5) is 31.7. The van der Waals surface area contributed by atoms with Crippen molar-refractivity contribution in [2.75, 3.05) is 42.9 Å². The lowest BCUT2D eigenvalue weighted by molar-refractivity contribution is 0.102. The second-order valence-corrected chi connectivity index (χ2v) is 9.83. The van der Waals surface area contributed by atoms with E-state index in [0.717, 1.165) is 75.3 Å². The predicted octanol–water partition coefficient (Wildman–Crippen LogP) is 4.06. The first-order valence-electron chi connectivity index (χ1n) is 13.1. The van der Waals surface area contributed by atoms with Gasteiger partial charge in [0.25, 0.3) is 5.91 Å². The number of pyridine rings is 1. The van der Waals surface area contributed by atoms with Crippen LogP contribution in [0.25, 0.3) is 11.0 Å². The van der Waals surface area contributed by atoms with Gasteiger partial charge in [0.05, 0.1) is 17.3 Å². The zero-order valence-corrected chi connectivity index (χ0v) is 21.0. The Labute approximate surface area is 219 Å². The van der Waals surface area contributed by atoms with E-state index in [1.165, 1.54) is 12.1 Å². The normalized spacial score (nSPS) is 16.0. The summed E-state index contributed by atoms with van der Waals surface area (Å²) in [7, 11) is 0. The number of anilines is 2. The average Bonchev–Trinajstić information content (AvgIpc) is 3.28. The fourth-order valence-corrected chi connectivity index (χ4v) is 5.40. The predicted molar refractivity (Wildman–Crippen MR) is 141 cm³/mol. The molecule has 0 atom stereocenters. The summed E-state index contributed by atoms with van der Waals surface area (Å²) in [5.41, 5.74) is 3.97. The van der Waals surface area contributed by atoms with Crippen molar-refractivity contribution in [3.05, 3.63) is 77.2 Å².